The number of benzene rings is 1. The van der Waals surface area contributed by atoms with Crippen LogP contribution in [0.2, 0.25) is 0 Å². The molecule has 4 rings (SSSR count). The topological polar surface area (TPSA) is 119 Å². The smallest absolute Gasteiger partial charge is 0.276 e. The number of thiazole rings is 1. The molecule has 1 aromatic carbocycles. The van der Waals surface area contributed by atoms with E-state index in [0.29, 0.717) is 22.2 Å². The lowest BCUT2D eigenvalue weighted by atomic mass is 10.2. The van der Waals surface area contributed by atoms with Gasteiger partial charge in [-0.1, -0.05) is 18.2 Å². The average Bonchev–Trinajstić information content (AvgIpc) is 3.42. The number of nitrogens with two attached hydrogens (primary N) is 1. The second kappa shape index (κ2) is 6.89. The Morgan fingerprint density at radius 2 is 2.04 bits per heavy atom. The van der Waals surface area contributed by atoms with Gasteiger partial charge in [0.05, 0.1) is 18.2 Å². The number of nitrogens with one attached hydrogen (secondary N) is 2. The Kier molecular flexibility index (Phi) is 4.27. The number of carbonyl (C=O) groups excluding carboxylic acids is 2. The molecule has 3 aromatic heterocycles. The molecule has 4 aromatic rings. The van der Waals surface area contributed by atoms with Crippen LogP contribution in [-0.2, 0) is 0 Å². The second-order valence-electron chi connectivity index (χ2n) is 5.64. The minimum absolute atomic E-state index is 0.301. The maximum absolute atomic E-state index is 12.6. The normalized spacial score (nSPS) is 10.7. The SMILES string of the molecule is NC(=O)c1cc(-c2csc(NC(=O)c3cncn3-c3ccccc3)n2)c[nH]1. The van der Waals surface area contributed by atoms with Gasteiger partial charge in [0, 0.05) is 22.8 Å². The number of imidazole rings is 1. The Balaban J connectivity index is 1.54. The summed E-state index contributed by atoms with van der Waals surface area (Å²) < 4.78 is 1.70. The molecule has 0 unspecified atom stereocenters. The van der Waals surface area contributed by atoms with E-state index in [0.717, 1.165) is 11.3 Å². The highest BCUT2D eigenvalue weighted by molar-refractivity contribution is 7.14. The first-order valence-electron chi connectivity index (χ1n) is 7.95. The van der Waals surface area contributed by atoms with Gasteiger partial charge in [-0.25, -0.2) is 9.97 Å². The van der Waals surface area contributed by atoms with E-state index >= 15 is 0 Å². The summed E-state index contributed by atoms with van der Waals surface area (Å²) in [6, 6.07) is 11.1. The van der Waals surface area contributed by atoms with E-state index < -0.39 is 5.91 Å². The number of amides is 2. The molecule has 4 N–H and O–H groups in total. The third kappa shape index (κ3) is 3.35. The van der Waals surface area contributed by atoms with Crippen LogP contribution in [0.1, 0.15) is 21.0 Å². The quantitative estimate of drug-likeness (QED) is 0.495. The largest absolute Gasteiger partial charge is 0.364 e. The number of primary amides is 1. The van der Waals surface area contributed by atoms with Crippen molar-refractivity contribution in [2.24, 2.45) is 5.73 Å². The van der Waals surface area contributed by atoms with Gasteiger partial charge in [0.15, 0.2) is 5.13 Å². The van der Waals surface area contributed by atoms with E-state index in [1.807, 2.05) is 30.3 Å². The fourth-order valence-electron chi connectivity index (χ4n) is 2.57. The van der Waals surface area contributed by atoms with Crippen molar-refractivity contribution in [2.75, 3.05) is 5.32 Å². The number of para-hydroxylation sites is 1. The van der Waals surface area contributed by atoms with Crippen molar-refractivity contribution in [3.63, 3.8) is 0 Å². The van der Waals surface area contributed by atoms with Crippen LogP contribution in [0.25, 0.3) is 16.9 Å². The van der Waals surface area contributed by atoms with Crippen LogP contribution in [-0.4, -0.2) is 31.3 Å². The van der Waals surface area contributed by atoms with Crippen LogP contribution in [0.3, 0.4) is 0 Å². The Labute approximate surface area is 157 Å². The maximum atomic E-state index is 12.6. The molecule has 0 saturated carbocycles. The minimum atomic E-state index is -0.542. The summed E-state index contributed by atoms with van der Waals surface area (Å²) in [5, 5.41) is 5.01. The van der Waals surface area contributed by atoms with Crippen LogP contribution in [0.4, 0.5) is 5.13 Å². The summed E-state index contributed by atoms with van der Waals surface area (Å²) in [7, 11) is 0. The molecule has 0 spiro atoms. The molecule has 0 aliphatic rings. The van der Waals surface area contributed by atoms with Crippen LogP contribution in [0.15, 0.2) is 60.5 Å². The highest BCUT2D eigenvalue weighted by atomic mass is 32.1. The van der Waals surface area contributed by atoms with Crippen LogP contribution >= 0.6 is 11.3 Å². The van der Waals surface area contributed by atoms with Crippen molar-refractivity contribution in [3.05, 3.63) is 71.9 Å². The molecule has 0 saturated heterocycles. The molecular formula is C18H14N6O2S. The number of carbonyl (C=O) groups is 2. The van der Waals surface area contributed by atoms with Crippen LogP contribution < -0.4 is 11.1 Å². The van der Waals surface area contributed by atoms with Crippen molar-refractivity contribution in [1.29, 1.82) is 0 Å². The van der Waals surface area contributed by atoms with Gasteiger partial charge in [-0.2, -0.15) is 0 Å². The van der Waals surface area contributed by atoms with Gasteiger partial charge < -0.3 is 10.7 Å². The average molecular weight is 378 g/mol. The zero-order valence-electron chi connectivity index (χ0n) is 13.9. The number of anilines is 1. The fraction of sp³-hybridized carbons (Fsp3) is 0. The second-order valence-corrected chi connectivity index (χ2v) is 6.50. The molecule has 3 heterocycles. The Hall–Kier alpha value is -3.72. The maximum Gasteiger partial charge on any atom is 0.276 e. The molecule has 27 heavy (non-hydrogen) atoms. The van der Waals surface area contributed by atoms with Gasteiger partial charge in [-0.3, -0.25) is 19.5 Å². The number of hydrogen-bond donors (Lipinski definition) is 3. The zero-order chi connectivity index (χ0) is 18.8. The fourth-order valence-corrected chi connectivity index (χ4v) is 3.28. The predicted molar refractivity (Wildman–Crippen MR) is 102 cm³/mol. The summed E-state index contributed by atoms with van der Waals surface area (Å²) in [5.41, 5.74) is 8.13. The van der Waals surface area contributed by atoms with Gasteiger partial charge in [0.25, 0.3) is 11.8 Å². The molecule has 0 bridgehead atoms. The predicted octanol–water partition coefficient (Wildman–Crippen LogP) is 2.68. The lowest BCUT2D eigenvalue weighted by Crippen LogP contribution is -2.15. The number of hydrogen-bond acceptors (Lipinski definition) is 5. The Morgan fingerprint density at radius 1 is 1.22 bits per heavy atom. The molecule has 9 heteroatoms. The summed E-state index contributed by atoms with van der Waals surface area (Å²) >= 11 is 1.29. The third-order valence-electron chi connectivity index (χ3n) is 3.87. The van der Waals surface area contributed by atoms with Crippen molar-refractivity contribution in [2.45, 2.75) is 0 Å². The van der Waals surface area contributed by atoms with E-state index in [-0.39, 0.29) is 5.91 Å². The zero-order valence-corrected chi connectivity index (χ0v) is 14.7. The molecule has 8 nitrogen and oxygen atoms in total. The summed E-state index contributed by atoms with van der Waals surface area (Å²) in [6.07, 6.45) is 4.73. The molecule has 0 aliphatic carbocycles. The first kappa shape index (κ1) is 16.7. The monoisotopic (exact) mass is 378 g/mol. The number of aromatic nitrogens is 4. The molecule has 0 fully saturated rings. The molecular weight excluding hydrogens is 364 g/mol. The number of aromatic amines is 1. The lowest BCUT2D eigenvalue weighted by Gasteiger charge is -2.07. The van der Waals surface area contributed by atoms with E-state index in [4.69, 9.17) is 5.73 Å². The standard InChI is InChI=1S/C18H14N6O2S/c19-16(25)13-6-11(7-21-13)14-9-27-18(22-14)23-17(26)15-8-20-10-24(15)12-4-2-1-3-5-12/h1-10,21H,(H2,19,25)(H,22,23,26). The first-order valence-corrected chi connectivity index (χ1v) is 8.83. The highest BCUT2D eigenvalue weighted by Crippen LogP contribution is 2.26. The van der Waals surface area contributed by atoms with Crippen LogP contribution in [0, 0.1) is 0 Å². The molecule has 0 aliphatic heterocycles. The van der Waals surface area contributed by atoms with Crippen molar-refractivity contribution < 1.29 is 9.59 Å². The Bertz CT molecular complexity index is 1110. The van der Waals surface area contributed by atoms with Gasteiger partial charge in [-0.05, 0) is 18.2 Å². The van der Waals surface area contributed by atoms with Crippen molar-refractivity contribution >= 4 is 28.3 Å². The lowest BCUT2D eigenvalue weighted by molar-refractivity contribution is 0.0993. The highest BCUT2D eigenvalue weighted by Gasteiger charge is 2.16. The molecule has 134 valence electrons. The van der Waals surface area contributed by atoms with E-state index in [2.05, 4.69) is 20.3 Å². The Morgan fingerprint density at radius 3 is 2.78 bits per heavy atom. The van der Waals surface area contributed by atoms with E-state index in [9.17, 15) is 9.59 Å². The van der Waals surface area contributed by atoms with E-state index in [1.54, 1.807) is 28.5 Å². The molecule has 0 radical (unpaired) electrons. The number of rotatable bonds is 5. The van der Waals surface area contributed by atoms with Crippen molar-refractivity contribution in [3.8, 4) is 16.9 Å². The summed E-state index contributed by atoms with van der Waals surface area (Å²) in [5.74, 6) is -0.858. The summed E-state index contributed by atoms with van der Waals surface area (Å²) in [4.78, 5) is 35.1. The minimum Gasteiger partial charge on any atom is -0.364 e. The van der Waals surface area contributed by atoms with Crippen molar-refractivity contribution in [1.82, 2.24) is 19.5 Å². The number of H-pyrrole nitrogens is 1. The van der Waals surface area contributed by atoms with E-state index in [1.165, 1.54) is 17.5 Å². The number of nitrogens with zero attached hydrogens (tertiary/aromatic N) is 3. The summed E-state index contributed by atoms with van der Waals surface area (Å²) in [6.45, 7) is 0. The van der Waals surface area contributed by atoms with Gasteiger partial charge in [0.2, 0.25) is 0 Å². The first-order chi connectivity index (χ1) is 13.1. The third-order valence-corrected chi connectivity index (χ3v) is 4.63. The van der Waals surface area contributed by atoms with Crippen LogP contribution in [0.5, 0.6) is 0 Å². The molecule has 2 amide bonds. The molecule has 0 atom stereocenters. The van der Waals surface area contributed by atoms with Gasteiger partial charge >= 0.3 is 0 Å². The van der Waals surface area contributed by atoms with Gasteiger partial charge in [-0.15, -0.1) is 11.3 Å². The van der Waals surface area contributed by atoms with Gasteiger partial charge in [0.1, 0.15) is 11.4 Å².